The number of ether oxygens (including phenoxy) is 3. The van der Waals surface area contributed by atoms with Crippen LogP contribution in [0, 0.1) is 0 Å². The fraction of sp³-hybridized carbons (Fsp3) is 0.929. The Labute approximate surface area is 331 Å². The molecule has 3 amide bonds. The van der Waals surface area contributed by atoms with E-state index in [4.69, 9.17) is 14.2 Å². The van der Waals surface area contributed by atoms with Gasteiger partial charge in [0.15, 0.2) is 0 Å². The minimum absolute atomic E-state index is 0.168. The van der Waals surface area contributed by atoms with E-state index in [1.54, 1.807) is 0 Å². The average Bonchev–Trinajstić information content (AvgIpc) is 3.84. The second-order valence-electron chi connectivity index (χ2n) is 19.4. The molecule has 0 unspecified atom stereocenters. The number of nitrogens with zero attached hydrogens (tertiary/aromatic N) is 5. The van der Waals surface area contributed by atoms with Gasteiger partial charge in [-0.25, -0.2) is 9.59 Å². The Kier molecular flexibility index (Phi) is 14.3. The van der Waals surface area contributed by atoms with Gasteiger partial charge in [-0.15, -0.1) is 0 Å². The quantitative estimate of drug-likeness (QED) is 0.395. The van der Waals surface area contributed by atoms with E-state index >= 15 is 0 Å². The van der Waals surface area contributed by atoms with Crippen LogP contribution < -0.4 is 5.32 Å². The lowest BCUT2D eigenvalue weighted by Crippen LogP contribution is -2.61. The molecule has 6 atom stereocenters. The van der Waals surface area contributed by atoms with Crippen molar-refractivity contribution in [1.82, 2.24) is 29.8 Å². The van der Waals surface area contributed by atoms with E-state index < -0.39 is 11.2 Å². The number of carbonyl (C=O) groups is 3. The minimum Gasteiger partial charge on any atom is -0.444 e. The zero-order chi connectivity index (χ0) is 39.3. The molecule has 7 rings (SSSR count). The Bertz CT molecular complexity index is 1270. The van der Waals surface area contributed by atoms with E-state index in [9.17, 15) is 19.5 Å². The molecule has 7 fully saturated rings. The summed E-state index contributed by atoms with van der Waals surface area (Å²) in [5, 5.41) is 13.9. The first-order valence-corrected chi connectivity index (χ1v) is 21.9. The molecule has 0 aromatic rings. The topological polar surface area (TPSA) is 127 Å². The summed E-state index contributed by atoms with van der Waals surface area (Å²) in [5.74, 6) is 0.184. The lowest BCUT2D eigenvalue weighted by molar-refractivity contribution is -0.167. The maximum Gasteiger partial charge on any atom is 0.410 e. The number of hydrogen-bond acceptors (Lipinski definition) is 10. The van der Waals surface area contributed by atoms with E-state index in [-0.39, 0.29) is 49.0 Å². The van der Waals surface area contributed by atoms with Crippen LogP contribution in [0.4, 0.5) is 9.59 Å². The van der Waals surface area contributed by atoms with Crippen LogP contribution in [0.1, 0.15) is 131 Å². The highest BCUT2D eigenvalue weighted by Crippen LogP contribution is 2.34. The molecule has 5 saturated heterocycles. The summed E-state index contributed by atoms with van der Waals surface area (Å²) < 4.78 is 16.9. The van der Waals surface area contributed by atoms with Crippen molar-refractivity contribution in [1.29, 1.82) is 0 Å². The number of nitrogens with one attached hydrogen (secondary N) is 1. The number of fused-ring (bicyclic) bond motifs is 1. The lowest BCUT2D eigenvalue weighted by Gasteiger charge is -2.49. The summed E-state index contributed by atoms with van der Waals surface area (Å²) in [6, 6.07) is 2.31. The molecule has 5 heterocycles. The van der Waals surface area contributed by atoms with E-state index in [1.165, 1.54) is 19.3 Å². The molecule has 0 bridgehead atoms. The monoisotopic (exact) mass is 775 g/mol. The Balaban J connectivity index is 0.000000188. The molecule has 55 heavy (non-hydrogen) atoms. The first-order valence-electron chi connectivity index (χ1n) is 21.9. The SMILES string of the molecule is CC(C)(C)OC(=O)N1CC[C@H](N2CCC(N3C(=O)CO[C@H]4CCCC[C@@H]43)CC2)C1.CC(C)(C)OC(=O)N1CC[C@H](N2CCC(N[C@H]3CCCC[C@@H]3O)CC2)C1. The predicted octanol–water partition coefficient (Wildman–Crippen LogP) is 4.98. The number of morpholine rings is 1. The highest BCUT2D eigenvalue weighted by atomic mass is 16.6. The van der Waals surface area contributed by atoms with E-state index in [2.05, 4.69) is 20.0 Å². The summed E-state index contributed by atoms with van der Waals surface area (Å²) in [5.41, 5.74) is -0.877. The zero-order valence-corrected chi connectivity index (χ0v) is 35.0. The summed E-state index contributed by atoms with van der Waals surface area (Å²) in [6.45, 7) is 19.0. The highest BCUT2D eigenvalue weighted by Gasteiger charge is 2.43. The zero-order valence-electron chi connectivity index (χ0n) is 35.0. The third kappa shape index (κ3) is 11.7. The molecular weight excluding hydrogens is 700 g/mol. The summed E-state index contributed by atoms with van der Waals surface area (Å²) in [7, 11) is 0. The number of likely N-dealkylation sites (tertiary alicyclic amines) is 4. The number of piperidine rings is 2. The molecule has 7 aliphatic rings. The van der Waals surface area contributed by atoms with Crippen LogP contribution in [0.2, 0.25) is 0 Å². The first-order chi connectivity index (χ1) is 26.1. The molecule has 13 nitrogen and oxygen atoms in total. The Hall–Kier alpha value is -2.19. The maximum absolute atomic E-state index is 12.6. The van der Waals surface area contributed by atoms with Crippen LogP contribution >= 0.6 is 0 Å². The maximum atomic E-state index is 12.6. The number of amides is 3. The van der Waals surface area contributed by atoms with Gasteiger partial charge >= 0.3 is 12.2 Å². The number of rotatable bonds is 5. The van der Waals surface area contributed by atoms with Crippen molar-refractivity contribution in [2.75, 3.05) is 59.0 Å². The molecule has 5 aliphatic heterocycles. The summed E-state index contributed by atoms with van der Waals surface area (Å²) in [6.07, 6.45) is 15.1. The van der Waals surface area contributed by atoms with Gasteiger partial charge in [0, 0.05) is 69.5 Å². The molecule has 2 saturated carbocycles. The summed E-state index contributed by atoms with van der Waals surface area (Å²) in [4.78, 5) is 48.2. The van der Waals surface area contributed by atoms with Crippen LogP contribution in [-0.2, 0) is 19.0 Å². The van der Waals surface area contributed by atoms with Gasteiger partial charge in [-0.3, -0.25) is 14.6 Å². The van der Waals surface area contributed by atoms with Crippen molar-refractivity contribution in [3.8, 4) is 0 Å². The van der Waals surface area contributed by atoms with Crippen LogP contribution in [0.5, 0.6) is 0 Å². The Morgan fingerprint density at radius 1 is 0.655 bits per heavy atom. The molecule has 2 N–H and O–H groups in total. The molecule has 0 aromatic heterocycles. The third-order valence-electron chi connectivity index (χ3n) is 13.0. The Morgan fingerprint density at radius 2 is 1.15 bits per heavy atom. The van der Waals surface area contributed by atoms with Gasteiger partial charge in [0.05, 0.1) is 18.2 Å². The largest absolute Gasteiger partial charge is 0.444 e. The van der Waals surface area contributed by atoms with Crippen molar-refractivity contribution in [2.24, 2.45) is 0 Å². The van der Waals surface area contributed by atoms with Gasteiger partial charge in [0.25, 0.3) is 0 Å². The number of carbonyl (C=O) groups excluding carboxylic acids is 3. The smallest absolute Gasteiger partial charge is 0.410 e. The van der Waals surface area contributed by atoms with Crippen molar-refractivity contribution >= 4 is 18.1 Å². The first kappa shape index (κ1) is 42.4. The lowest BCUT2D eigenvalue weighted by atomic mass is 9.87. The van der Waals surface area contributed by atoms with Crippen molar-refractivity contribution < 1.29 is 33.7 Å². The van der Waals surface area contributed by atoms with Gasteiger partial charge in [-0.2, -0.15) is 0 Å². The second kappa shape index (κ2) is 18.6. The minimum atomic E-state index is -0.449. The molecule has 314 valence electrons. The van der Waals surface area contributed by atoms with Crippen LogP contribution in [0.25, 0.3) is 0 Å². The number of aliphatic hydroxyl groups is 1. The van der Waals surface area contributed by atoms with Gasteiger partial charge < -0.3 is 39.3 Å². The fourth-order valence-corrected chi connectivity index (χ4v) is 10.1. The number of aliphatic hydroxyl groups excluding tert-OH is 1. The molecule has 0 spiro atoms. The van der Waals surface area contributed by atoms with Crippen molar-refractivity contribution in [3.63, 3.8) is 0 Å². The highest BCUT2D eigenvalue weighted by molar-refractivity contribution is 5.79. The molecular formula is C42H74N6O7. The van der Waals surface area contributed by atoms with Gasteiger partial charge in [-0.1, -0.05) is 25.7 Å². The predicted molar refractivity (Wildman–Crippen MR) is 212 cm³/mol. The molecule has 13 heteroatoms. The second-order valence-corrected chi connectivity index (χ2v) is 19.4. The van der Waals surface area contributed by atoms with Gasteiger partial charge in [0.1, 0.15) is 17.8 Å². The van der Waals surface area contributed by atoms with Gasteiger partial charge in [-0.05, 0) is 119 Å². The van der Waals surface area contributed by atoms with Crippen LogP contribution in [-0.4, -0.2) is 166 Å². The van der Waals surface area contributed by atoms with E-state index in [0.29, 0.717) is 24.2 Å². The van der Waals surface area contributed by atoms with Crippen LogP contribution in [0.3, 0.4) is 0 Å². The third-order valence-corrected chi connectivity index (χ3v) is 13.0. The normalized spacial score (nSPS) is 32.2. The van der Waals surface area contributed by atoms with Gasteiger partial charge in [0.2, 0.25) is 5.91 Å². The van der Waals surface area contributed by atoms with Crippen molar-refractivity contribution in [3.05, 3.63) is 0 Å². The molecule has 2 aliphatic carbocycles. The van der Waals surface area contributed by atoms with Crippen molar-refractivity contribution in [2.45, 2.75) is 191 Å². The molecule has 0 radical (unpaired) electrons. The van der Waals surface area contributed by atoms with Crippen LogP contribution in [0.15, 0.2) is 0 Å². The summed E-state index contributed by atoms with van der Waals surface area (Å²) >= 11 is 0. The van der Waals surface area contributed by atoms with E-state index in [0.717, 1.165) is 123 Å². The fourth-order valence-electron chi connectivity index (χ4n) is 10.1. The number of hydrogen-bond donors (Lipinski definition) is 2. The average molecular weight is 775 g/mol. The van der Waals surface area contributed by atoms with E-state index in [1.807, 2.05) is 51.3 Å². The molecule has 0 aromatic carbocycles. The standard InChI is InChI=1S/C22H37N3O4.C20H37N3O3/c1-22(2,3)29-21(27)24-13-10-17(14-24)23-11-8-16(9-12-23)25-18-6-4-5-7-19(18)28-15-20(25)26;1-20(2,3)26-19(25)23-13-10-16(14-23)22-11-8-15(9-12-22)21-17-6-4-5-7-18(17)24/h16-19H,4-15H2,1-3H3;15-18,21,24H,4-14H2,1-3H3/t17-,18-,19-;16-,17-,18-/m00/s1. The Morgan fingerprint density at radius 3 is 1.69 bits per heavy atom.